The normalized spacial score (nSPS) is 15.5. The summed E-state index contributed by atoms with van der Waals surface area (Å²) in [4.78, 5) is 13.3. The predicted octanol–water partition coefficient (Wildman–Crippen LogP) is 2.56. The van der Waals surface area contributed by atoms with Gasteiger partial charge in [-0.25, -0.2) is 4.79 Å². The molecule has 1 amide bonds. The van der Waals surface area contributed by atoms with Crippen molar-refractivity contribution < 1.29 is 14.3 Å². The third-order valence-electron chi connectivity index (χ3n) is 3.25. The van der Waals surface area contributed by atoms with Crippen molar-refractivity contribution in [3.05, 3.63) is 29.8 Å². The summed E-state index contributed by atoms with van der Waals surface area (Å²) in [5.41, 5.74) is 0.620. The summed E-state index contributed by atoms with van der Waals surface area (Å²) in [7, 11) is 0. The van der Waals surface area contributed by atoms with Gasteiger partial charge in [-0.15, -0.1) is 0 Å². The minimum atomic E-state index is -0.246. The molecule has 1 aliphatic heterocycles. The maximum Gasteiger partial charge on any atom is 0.409 e. The number of nitrogens with zero attached hydrogens (tertiary/aromatic N) is 2. The van der Waals surface area contributed by atoms with Crippen molar-refractivity contribution in [3.63, 3.8) is 0 Å². The average molecular weight is 274 g/mol. The minimum absolute atomic E-state index is 0.105. The molecule has 0 aliphatic carbocycles. The van der Waals surface area contributed by atoms with Crippen LogP contribution in [0.5, 0.6) is 5.75 Å². The molecule has 1 aliphatic rings. The van der Waals surface area contributed by atoms with Crippen LogP contribution in [0.25, 0.3) is 0 Å². The zero-order valence-corrected chi connectivity index (χ0v) is 11.5. The molecule has 2 rings (SSSR count). The summed E-state index contributed by atoms with van der Waals surface area (Å²) in [5.74, 6) is 0.763. The van der Waals surface area contributed by atoms with Crippen molar-refractivity contribution in [3.8, 4) is 11.8 Å². The molecular formula is C15H18N2O3. The largest absolute Gasteiger partial charge is 0.490 e. The molecule has 0 aromatic heterocycles. The van der Waals surface area contributed by atoms with E-state index in [0.717, 1.165) is 18.6 Å². The third kappa shape index (κ3) is 3.64. The summed E-state index contributed by atoms with van der Waals surface area (Å²) in [6.45, 7) is 3.51. The molecular weight excluding hydrogens is 256 g/mol. The molecule has 0 unspecified atom stereocenters. The fraction of sp³-hybridized carbons (Fsp3) is 0.467. The molecule has 0 bridgehead atoms. The van der Waals surface area contributed by atoms with E-state index in [4.69, 9.17) is 14.7 Å². The van der Waals surface area contributed by atoms with Crippen LogP contribution < -0.4 is 4.74 Å². The number of carbonyl (C=O) groups is 1. The summed E-state index contributed by atoms with van der Waals surface area (Å²) in [6, 6.07) is 9.16. The van der Waals surface area contributed by atoms with Gasteiger partial charge in [0.15, 0.2) is 0 Å². The quantitative estimate of drug-likeness (QED) is 0.849. The van der Waals surface area contributed by atoms with E-state index >= 15 is 0 Å². The minimum Gasteiger partial charge on any atom is -0.490 e. The second kappa shape index (κ2) is 6.80. The molecule has 1 aromatic rings. The highest BCUT2D eigenvalue weighted by atomic mass is 16.6. The summed E-state index contributed by atoms with van der Waals surface area (Å²) >= 11 is 0. The number of likely N-dealkylation sites (tertiary alicyclic amines) is 1. The van der Waals surface area contributed by atoms with Crippen LogP contribution in [0.3, 0.4) is 0 Å². The molecule has 5 nitrogen and oxygen atoms in total. The predicted molar refractivity (Wildman–Crippen MR) is 73.4 cm³/mol. The van der Waals surface area contributed by atoms with Crippen LogP contribution in [0.15, 0.2) is 24.3 Å². The Balaban J connectivity index is 1.82. The molecule has 5 heteroatoms. The van der Waals surface area contributed by atoms with Crippen molar-refractivity contribution in [2.75, 3.05) is 19.7 Å². The van der Waals surface area contributed by atoms with Crippen molar-refractivity contribution in [2.45, 2.75) is 25.9 Å². The summed E-state index contributed by atoms with van der Waals surface area (Å²) in [6.07, 6.45) is 1.44. The van der Waals surface area contributed by atoms with Gasteiger partial charge in [0, 0.05) is 25.9 Å². The maximum atomic E-state index is 11.6. The Labute approximate surface area is 118 Å². The maximum absolute atomic E-state index is 11.6. The van der Waals surface area contributed by atoms with Crippen molar-refractivity contribution >= 4 is 6.09 Å². The van der Waals surface area contributed by atoms with Gasteiger partial charge in [0.05, 0.1) is 18.2 Å². The molecule has 0 N–H and O–H groups in total. The SMILES string of the molecule is CCOC(=O)N1CCC(Oc2ccc(C#N)cc2)CC1. The lowest BCUT2D eigenvalue weighted by Crippen LogP contribution is -2.42. The fourth-order valence-electron chi connectivity index (χ4n) is 2.17. The van der Waals surface area contributed by atoms with Gasteiger partial charge < -0.3 is 14.4 Å². The summed E-state index contributed by atoms with van der Waals surface area (Å²) in [5, 5.41) is 8.73. The van der Waals surface area contributed by atoms with Crippen molar-refractivity contribution in [2.24, 2.45) is 0 Å². The molecule has 1 aromatic carbocycles. The lowest BCUT2D eigenvalue weighted by molar-refractivity contribution is 0.0703. The van der Waals surface area contributed by atoms with E-state index in [0.29, 0.717) is 25.3 Å². The first-order valence-corrected chi connectivity index (χ1v) is 6.81. The van der Waals surface area contributed by atoms with Gasteiger partial charge in [0.2, 0.25) is 0 Å². The van der Waals surface area contributed by atoms with Gasteiger partial charge in [0.25, 0.3) is 0 Å². The van der Waals surface area contributed by atoms with E-state index in [9.17, 15) is 4.79 Å². The van der Waals surface area contributed by atoms with Gasteiger partial charge in [-0.1, -0.05) is 0 Å². The number of amides is 1. The molecule has 1 saturated heterocycles. The van der Waals surface area contributed by atoms with Gasteiger partial charge in [-0.2, -0.15) is 5.26 Å². The third-order valence-corrected chi connectivity index (χ3v) is 3.25. The zero-order chi connectivity index (χ0) is 14.4. The van der Waals surface area contributed by atoms with Crippen LogP contribution in [0.1, 0.15) is 25.3 Å². The molecule has 20 heavy (non-hydrogen) atoms. The number of ether oxygens (including phenoxy) is 2. The number of piperidine rings is 1. The first-order valence-electron chi connectivity index (χ1n) is 6.81. The van der Waals surface area contributed by atoms with Crippen LogP contribution in [-0.4, -0.2) is 36.8 Å². The molecule has 1 fully saturated rings. The van der Waals surface area contributed by atoms with Gasteiger partial charge >= 0.3 is 6.09 Å². The highest BCUT2D eigenvalue weighted by molar-refractivity contribution is 5.67. The fourth-order valence-corrected chi connectivity index (χ4v) is 2.17. The van der Waals surface area contributed by atoms with Crippen LogP contribution >= 0.6 is 0 Å². The topological polar surface area (TPSA) is 62.6 Å². The molecule has 0 saturated carbocycles. The molecule has 0 radical (unpaired) electrons. The smallest absolute Gasteiger partial charge is 0.409 e. The summed E-state index contributed by atoms with van der Waals surface area (Å²) < 4.78 is 10.8. The highest BCUT2D eigenvalue weighted by Gasteiger charge is 2.24. The Hall–Kier alpha value is -2.22. The van der Waals surface area contributed by atoms with Crippen LogP contribution in [0, 0.1) is 11.3 Å². The molecule has 1 heterocycles. The van der Waals surface area contributed by atoms with Gasteiger partial charge in [-0.05, 0) is 31.2 Å². The van der Waals surface area contributed by atoms with E-state index in [2.05, 4.69) is 6.07 Å². The van der Waals surface area contributed by atoms with E-state index < -0.39 is 0 Å². The Bertz CT molecular complexity index is 485. The molecule has 0 atom stereocenters. The van der Waals surface area contributed by atoms with Crippen LogP contribution in [0.4, 0.5) is 4.79 Å². The van der Waals surface area contributed by atoms with Crippen LogP contribution in [-0.2, 0) is 4.74 Å². The van der Waals surface area contributed by atoms with E-state index in [-0.39, 0.29) is 12.2 Å². The molecule has 106 valence electrons. The first kappa shape index (κ1) is 14.2. The Kier molecular flexibility index (Phi) is 4.83. The monoisotopic (exact) mass is 274 g/mol. The average Bonchev–Trinajstić information content (AvgIpc) is 2.49. The number of benzene rings is 1. The van der Waals surface area contributed by atoms with E-state index in [1.165, 1.54) is 0 Å². The lowest BCUT2D eigenvalue weighted by Gasteiger charge is -2.31. The van der Waals surface area contributed by atoms with Crippen molar-refractivity contribution in [1.82, 2.24) is 4.90 Å². The Morgan fingerprint density at radius 1 is 1.35 bits per heavy atom. The highest BCUT2D eigenvalue weighted by Crippen LogP contribution is 2.19. The van der Waals surface area contributed by atoms with Gasteiger partial charge in [-0.3, -0.25) is 0 Å². The number of carbonyl (C=O) groups excluding carboxylic acids is 1. The molecule has 0 spiro atoms. The van der Waals surface area contributed by atoms with E-state index in [1.807, 2.05) is 0 Å². The van der Waals surface area contributed by atoms with Crippen LogP contribution in [0.2, 0.25) is 0 Å². The number of nitriles is 1. The van der Waals surface area contributed by atoms with E-state index in [1.54, 1.807) is 36.1 Å². The first-order chi connectivity index (χ1) is 9.72. The van der Waals surface area contributed by atoms with Crippen molar-refractivity contribution in [1.29, 1.82) is 5.26 Å². The second-order valence-electron chi connectivity index (χ2n) is 4.64. The number of hydrogen-bond donors (Lipinski definition) is 0. The standard InChI is InChI=1S/C15H18N2O3/c1-2-19-15(18)17-9-7-14(8-10-17)20-13-5-3-12(11-16)4-6-13/h3-6,14H,2,7-10H2,1H3. The lowest BCUT2D eigenvalue weighted by atomic mass is 10.1. The zero-order valence-electron chi connectivity index (χ0n) is 11.5. The number of hydrogen-bond acceptors (Lipinski definition) is 4. The number of rotatable bonds is 3. The Morgan fingerprint density at radius 3 is 2.55 bits per heavy atom. The second-order valence-corrected chi connectivity index (χ2v) is 4.64. The Morgan fingerprint density at radius 2 is 2.00 bits per heavy atom. The van der Waals surface area contributed by atoms with Gasteiger partial charge in [0.1, 0.15) is 11.9 Å².